The second kappa shape index (κ2) is 6.39. The number of rotatable bonds is 3. The van der Waals surface area contributed by atoms with E-state index in [2.05, 4.69) is 5.32 Å². The molecular weight excluding hydrogens is 282 g/mol. The maximum atomic E-state index is 11.2. The Hall–Kier alpha value is -3.37. The molecule has 1 aromatic rings. The topological polar surface area (TPSA) is 127 Å². The van der Waals surface area contributed by atoms with Gasteiger partial charge < -0.3 is 5.32 Å². The Morgan fingerprint density at radius 3 is 2.18 bits per heavy atom. The van der Waals surface area contributed by atoms with Crippen molar-refractivity contribution in [3.63, 3.8) is 0 Å². The smallest absolute Gasteiger partial charge is 0.292 e. The summed E-state index contributed by atoms with van der Waals surface area (Å²) in [4.78, 5) is 10.6. The van der Waals surface area contributed by atoms with Gasteiger partial charge in [-0.05, 0) is 17.0 Å². The Kier molecular flexibility index (Phi) is 4.84. The Labute approximate surface area is 127 Å². The largest absolute Gasteiger partial charge is 0.340 e. The van der Waals surface area contributed by atoms with Crippen LogP contribution < -0.4 is 5.32 Å². The van der Waals surface area contributed by atoms with Crippen LogP contribution in [0, 0.1) is 44.1 Å². The first-order valence-corrected chi connectivity index (χ1v) is 6.25. The standard InChI is InChI=1S/C15H13N5O2/c1-15(2,3)11-4-5-12(14(6-11)20(21)22)19-13(9-18)10(7-16)8-17/h4-6,19H,1-3H3. The predicted molar refractivity (Wildman–Crippen MR) is 79.3 cm³/mol. The van der Waals surface area contributed by atoms with Gasteiger partial charge in [-0.3, -0.25) is 10.1 Å². The summed E-state index contributed by atoms with van der Waals surface area (Å²) in [7, 11) is 0. The average Bonchev–Trinajstić information content (AvgIpc) is 2.46. The van der Waals surface area contributed by atoms with Crippen molar-refractivity contribution in [2.24, 2.45) is 0 Å². The first-order chi connectivity index (χ1) is 10.2. The van der Waals surface area contributed by atoms with Crippen molar-refractivity contribution in [3.8, 4) is 18.2 Å². The Morgan fingerprint density at radius 1 is 1.18 bits per heavy atom. The van der Waals surface area contributed by atoms with Crippen LogP contribution in [0.4, 0.5) is 11.4 Å². The summed E-state index contributed by atoms with van der Waals surface area (Å²) in [5.74, 6) is 0. The fourth-order valence-corrected chi connectivity index (χ4v) is 1.67. The predicted octanol–water partition coefficient (Wildman–Crippen LogP) is 3.13. The lowest BCUT2D eigenvalue weighted by molar-refractivity contribution is -0.384. The fraction of sp³-hybridized carbons (Fsp3) is 0.267. The van der Waals surface area contributed by atoms with Gasteiger partial charge in [0.15, 0.2) is 5.57 Å². The van der Waals surface area contributed by atoms with Crippen molar-refractivity contribution in [1.82, 2.24) is 0 Å². The molecule has 0 aromatic heterocycles. The number of benzene rings is 1. The van der Waals surface area contributed by atoms with Crippen LogP contribution in [0.1, 0.15) is 26.3 Å². The van der Waals surface area contributed by atoms with E-state index in [1.807, 2.05) is 20.8 Å². The minimum atomic E-state index is -0.578. The Bertz CT molecular complexity index is 751. The molecule has 0 aliphatic rings. The third kappa shape index (κ3) is 3.59. The molecule has 0 aliphatic carbocycles. The van der Waals surface area contributed by atoms with E-state index in [0.717, 1.165) is 5.56 Å². The van der Waals surface area contributed by atoms with Crippen LogP contribution in [-0.2, 0) is 5.41 Å². The maximum absolute atomic E-state index is 11.2. The molecule has 0 atom stereocenters. The third-order valence-corrected chi connectivity index (χ3v) is 2.91. The SMILES string of the molecule is CC(C)(C)c1ccc(NC(C#N)=C(C#N)C#N)c([N+](=O)[O-])c1. The second-order valence-electron chi connectivity index (χ2n) is 5.45. The van der Waals surface area contributed by atoms with Crippen LogP contribution in [0.5, 0.6) is 0 Å². The molecule has 0 bridgehead atoms. The molecule has 7 nitrogen and oxygen atoms in total. The quantitative estimate of drug-likeness (QED) is 0.518. The molecule has 110 valence electrons. The van der Waals surface area contributed by atoms with Gasteiger partial charge in [-0.1, -0.05) is 26.8 Å². The molecule has 1 aromatic carbocycles. The summed E-state index contributed by atoms with van der Waals surface area (Å²) in [5, 5.41) is 40.3. The Balaban J connectivity index is 3.42. The van der Waals surface area contributed by atoms with Gasteiger partial charge in [0.25, 0.3) is 5.69 Å². The van der Waals surface area contributed by atoms with Gasteiger partial charge in [0.1, 0.15) is 29.6 Å². The lowest BCUT2D eigenvalue weighted by Gasteiger charge is -2.19. The number of nitriles is 3. The highest BCUT2D eigenvalue weighted by molar-refractivity contribution is 5.68. The van der Waals surface area contributed by atoms with Gasteiger partial charge in [0, 0.05) is 6.07 Å². The zero-order valence-electron chi connectivity index (χ0n) is 12.3. The molecule has 1 rings (SSSR count). The number of allylic oxidation sites excluding steroid dienone is 2. The molecule has 1 N–H and O–H groups in total. The minimum absolute atomic E-state index is 0.0533. The van der Waals surface area contributed by atoms with Gasteiger partial charge in [0.2, 0.25) is 0 Å². The molecule has 0 aliphatic heterocycles. The molecular formula is C15H13N5O2. The second-order valence-corrected chi connectivity index (χ2v) is 5.45. The highest BCUT2D eigenvalue weighted by atomic mass is 16.6. The molecule has 0 radical (unpaired) electrons. The van der Waals surface area contributed by atoms with Crippen LogP contribution in [0.25, 0.3) is 0 Å². The minimum Gasteiger partial charge on any atom is -0.340 e. The van der Waals surface area contributed by atoms with E-state index in [9.17, 15) is 10.1 Å². The molecule has 0 spiro atoms. The normalized spacial score (nSPS) is 9.82. The van der Waals surface area contributed by atoms with Crippen LogP contribution in [0.15, 0.2) is 29.5 Å². The summed E-state index contributed by atoms with van der Waals surface area (Å²) in [6, 6.07) is 9.38. The lowest BCUT2D eigenvalue weighted by atomic mass is 9.86. The summed E-state index contributed by atoms with van der Waals surface area (Å²) in [6.07, 6.45) is 0. The molecule has 0 saturated carbocycles. The molecule has 22 heavy (non-hydrogen) atoms. The molecule has 0 amide bonds. The summed E-state index contributed by atoms with van der Waals surface area (Å²) in [6.45, 7) is 5.76. The first kappa shape index (κ1) is 16.7. The average molecular weight is 295 g/mol. The van der Waals surface area contributed by atoms with Crippen molar-refractivity contribution in [2.75, 3.05) is 5.32 Å². The lowest BCUT2D eigenvalue weighted by Crippen LogP contribution is -2.12. The van der Waals surface area contributed by atoms with Crippen LogP contribution in [0.3, 0.4) is 0 Å². The zero-order chi connectivity index (χ0) is 16.9. The molecule has 0 heterocycles. The van der Waals surface area contributed by atoms with E-state index in [4.69, 9.17) is 15.8 Å². The summed E-state index contributed by atoms with van der Waals surface area (Å²) < 4.78 is 0. The molecule has 0 fully saturated rings. The van der Waals surface area contributed by atoms with Gasteiger partial charge in [-0.25, -0.2) is 0 Å². The third-order valence-electron chi connectivity index (χ3n) is 2.91. The Morgan fingerprint density at radius 2 is 1.77 bits per heavy atom. The van der Waals surface area contributed by atoms with Crippen LogP contribution in [0.2, 0.25) is 0 Å². The number of hydrogen-bond donors (Lipinski definition) is 1. The first-order valence-electron chi connectivity index (χ1n) is 6.25. The number of nitrogens with one attached hydrogen (secondary N) is 1. The van der Waals surface area contributed by atoms with Crippen molar-refractivity contribution in [1.29, 1.82) is 15.8 Å². The van der Waals surface area contributed by atoms with E-state index in [0.29, 0.717) is 0 Å². The number of hydrogen-bond acceptors (Lipinski definition) is 6. The summed E-state index contributed by atoms with van der Waals surface area (Å²) >= 11 is 0. The van der Waals surface area contributed by atoms with Crippen molar-refractivity contribution in [3.05, 3.63) is 45.1 Å². The highest BCUT2D eigenvalue weighted by Gasteiger charge is 2.21. The van der Waals surface area contributed by atoms with E-state index in [1.54, 1.807) is 24.3 Å². The van der Waals surface area contributed by atoms with Crippen molar-refractivity contribution in [2.45, 2.75) is 26.2 Å². The van der Waals surface area contributed by atoms with E-state index < -0.39 is 10.5 Å². The molecule has 0 saturated heterocycles. The van der Waals surface area contributed by atoms with Gasteiger partial charge in [-0.2, -0.15) is 15.8 Å². The van der Waals surface area contributed by atoms with E-state index in [1.165, 1.54) is 12.1 Å². The van der Waals surface area contributed by atoms with Gasteiger partial charge in [0.05, 0.1) is 4.92 Å². The maximum Gasteiger partial charge on any atom is 0.292 e. The van der Waals surface area contributed by atoms with Crippen LogP contribution in [-0.4, -0.2) is 4.92 Å². The number of nitro groups is 1. The van der Waals surface area contributed by atoms with Crippen molar-refractivity contribution < 1.29 is 4.92 Å². The van der Waals surface area contributed by atoms with E-state index in [-0.39, 0.29) is 22.5 Å². The van der Waals surface area contributed by atoms with Crippen molar-refractivity contribution >= 4 is 11.4 Å². The monoisotopic (exact) mass is 295 g/mol. The van der Waals surface area contributed by atoms with E-state index >= 15 is 0 Å². The van der Waals surface area contributed by atoms with Crippen LogP contribution >= 0.6 is 0 Å². The number of anilines is 1. The number of nitrogens with zero attached hydrogens (tertiary/aromatic N) is 4. The molecule has 7 heteroatoms. The van der Waals surface area contributed by atoms with Gasteiger partial charge >= 0.3 is 0 Å². The molecule has 0 unspecified atom stereocenters. The fourth-order valence-electron chi connectivity index (χ4n) is 1.67. The van der Waals surface area contributed by atoms with Gasteiger partial charge in [-0.15, -0.1) is 0 Å². The summed E-state index contributed by atoms with van der Waals surface area (Å²) in [5.41, 5.74) is -0.448. The number of nitro benzene ring substituents is 1. The highest BCUT2D eigenvalue weighted by Crippen LogP contribution is 2.32. The zero-order valence-corrected chi connectivity index (χ0v) is 12.3.